The SMILES string of the molecule is C1=CCC2=C(c3ccsc3)CCC2=C1. The van der Waals surface area contributed by atoms with E-state index in [-0.39, 0.29) is 0 Å². The van der Waals surface area contributed by atoms with Gasteiger partial charge in [0.25, 0.3) is 0 Å². The van der Waals surface area contributed by atoms with Crippen molar-refractivity contribution in [3.8, 4) is 0 Å². The molecule has 70 valence electrons. The first kappa shape index (κ1) is 8.25. The second-order valence-corrected chi connectivity index (χ2v) is 4.57. The highest BCUT2D eigenvalue weighted by molar-refractivity contribution is 7.08. The molecule has 0 fully saturated rings. The molecule has 0 saturated carbocycles. The second-order valence-electron chi connectivity index (χ2n) is 3.79. The predicted octanol–water partition coefficient (Wildman–Crippen LogP) is 4.18. The maximum absolute atomic E-state index is 2.28. The van der Waals surface area contributed by atoms with Crippen LogP contribution in [-0.4, -0.2) is 0 Å². The van der Waals surface area contributed by atoms with Gasteiger partial charge >= 0.3 is 0 Å². The van der Waals surface area contributed by atoms with E-state index in [0.717, 1.165) is 6.42 Å². The van der Waals surface area contributed by atoms with Crippen LogP contribution in [0.5, 0.6) is 0 Å². The standard InChI is InChI=1S/C13H12S/c1-2-4-12-10(3-1)5-6-13(12)11-7-8-14-9-11/h1-3,7-9H,4-6H2. The number of hydrogen-bond acceptors (Lipinski definition) is 1. The first-order chi connectivity index (χ1) is 6.95. The fraction of sp³-hybridized carbons (Fsp3) is 0.231. The molecule has 0 N–H and O–H groups in total. The molecule has 0 aliphatic heterocycles. The Balaban J connectivity index is 2.09. The molecule has 0 unspecified atom stereocenters. The fourth-order valence-corrected chi connectivity index (χ4v) is 2.99. The largest absolute Gasteiger partial charge is 0.152 e. The van der Waals surface area contributed by atoms with Crippen molar-refractivity contribution >= 4 is 16.9 Å². The Labute approximate surface area is 88.3 Å². The normalized spacial score (nSPS) is 19.9. The molecular weight excluding hydrogens is 188 g/mol. The molecule has 0 saturated heterocycles. The zero-order valence-electron chi connectivity index (χ0n) is 7.99. The summed E-state index contributed by atoms with van der Waals surface area (Å²) in [6.07, 6.45) is 10.3. The summed E-state index contributed by atoms with van der Waals surface area (Å²) in [6, 6.07) is 2.24. The summed E-state index contributed by atoms with van der Waals surface area (Å²) in [5.74, 6) is 0. The number of rotatable bonds is 1. The van der Waals surface area contributed by atoms with Gasteiger partial charge < -0.3 is 0 Å². The quantitative estimate of drug-likeness (QED) is 0.638. The predicted molar refractivity (Wildman–Crippen MR) is 62.3 cm³/mol. The highest BCUT2D eigenvalue weighted by Crippen LogP contribution is 2.41. The lowest BCUT2D eigenvalue weighted by Crippen LogP contribution is -1.87. The minimum Gasteiger partial charge on any atom is -0.152 e. The molecule has 0 amide bonds. The van der Waals surface area contributed by atoms with Crippen LogP contribution < -0.4 is 0 Å². The minimum absolute atomic E-state index is 1.14. The van der Waals surface area contributed by atoms with Gasteiger partial charge in [0.05, 0.1) is 0 Å². The second kappa shape index (κ2) is 3.25. The summed E-state index contributed by atoms with van der Waals surface area (Å²) < 4.78 is 0. The van der Waals surface area contributed by atoms with Crippen molar-refractivity contribution in [2.24, 2.45) is 0 Å². The van der Waals surface area contributed by atoms with Crippen LogP contribution in [0.25, 0.3) is 5.57 Å². The number of hydrogen-bond donors (Lipinski definition) is 0. The molecule has 3 rings (SSSR count). The lowest BCUT2D eigenvalue weighted by Gasteiger charge is -2.08. The van der Waals surface area contributed by atoms with Gasteiger partial charge in [-0.1, -0.05) is 18.2 Å². The molecule has 0 atom stereocenters. The van der Waals surface area contributed by atoms with E-state index >= 15 is 0 Å². The Morgan fingerprint density at radius 2 is 2.14 bits per heavy atom. The molecule has 0 nitrogen and oxygen atoms in total. The van der Waals surface area contributed by atoms with Crippen LogP contribution in [0, 0.1) is 0 Å². The van der Waals surface area contributed by atoms with Gasteiger partial charge in [-0.3, -0.25) is 0 Å². The topological polar surface area (TPSA) is 0 Å². The Hall–Kier alpha value is -1.08. The highest BCUT2D eigenvalue weighted by Gasteiger charge is 2.20. The van der Waals surface area contributed by atoms with Crippen molar-refractivity contribution in [3.05, 3.63) is 51.8 Å². The average Bonchev–Trinajstić information content (AvgIpc) is 2.85. The number of fused-ring (bicyclic) bond motifs is 1. The van der Waals surface area contributed by atoms with E-state index in [1.807, 2.05) is 0 Å². The molecule has 0 bridgehead atoms. The van der Waals surface area contributed by atoms with E-state index < -0.39 is 0 Å². The van der Waals surface area contributed by atoms with Crippen molar-refractivity contribution in [1.82, 2.24) is 0 Å². The summed E-state index contributed by atoms with van der Waals surface area (Å²) in [5, 5.41) is 4.44. The first-order valence-corrected chi connectivity index (χ1v) is 6.00. The van der Waals surface area contributed by atoms with Crippen molar-refractivity contribution < 1.29 is 0 Å². The molecular formula is C13H12S. The molecule has 1 aromatic heterocycles. The van der Waals surface area contributed by atoms with Crippen molar-refractivity contribution in [2.45, 2.75) is 19.3 Å². The Bertz CT molecular complexity index is 430. The molecule has 2 aliphatic rings. The Morgan fingerprint density at radius 3 is 3.00 bits per heavy atom. The molecule has 1 aromatic rings. The van der Waals surface area contributed by atoms with Gasteiger partial charge in [-0.2, -0.15) is 11.3 Å². The number of thiophene rings is 1. The van der Waals surface area contributed by atoms with Gasteiger partial charge in [0.15, 0.2) is 0 Å². The van der Waals surface area contributed by atoms with E-state index in [2.05, 4.69) is 35.1 Å². The lowest BCUT2D eigenvalue weighted by atomic mass is 9.97. The van der Waals surface area contributed by atoms with Gasteiger partial charge in [-0.05, 0) is 58.4 Å². The Kier molecular flexibility index (Phi) is 1.91. The molecule has 2 aliphatic carbocycles. The summed E-state index contributed by atoms with van der Waals surface area (Å²) in [4.78, 5) is 0. The van der Waals surface area contributed by atoms with Crippen LogP contribution in [-0.2, 0) is 0 Å². The first-order valence-electron chi connectivity index (χ1n) is 5.06. The molecule has 0 aromatic carbocycles. The maximum atomic E-state index is 2.28. The van der Waals surface area contributed by atoms with Crippen LogP contribution in [0.2, 0.25) is 0 Å². The lowest BCUT2D eigenvalue weighted by molar-refractivity contribution is 1.05. The summed E-state index contributed by atoms with van der Waals surface area (Å²) in [7, 11) is 0. The van der Waals surface area contributed by atoms with Gasteiger partial charge in [0.2, 0.25) is 0 Å². The molecule has 1 heterocycles. The van der Waals surface area contributed by atoms with Crippen molar-refractivity contribution in [1.29, 1.82) is 0 Å². The number of allylic oxidation sites excluding steroid dienone is 6. The van der Waals surface area contributed by atoms with Crippen LogP contribution in [0.15, 0.2) is 46.2 Å². The Morgan fingerprint density at radius 1 is 1.14 bits per heavy atom. The third-order valence-corrected chi connectivity index (χ3v) is 3.70. The zero-order valence-corrected chi connectivity index (χ0v) is 8.81. The van der Waals surface area contributed by atoms with Crippen LogP contribution >= 0.6 is 11.3 Å². The smallest absolute Gasteiger partial charge is 0.00179 e. The van der Waals surface area contributed by atoms with E-state index in [1.165, 1.54) is 18.4 Å². The van der Waals surface area contributed by atoms with Crippen LogP contribution in [0.1, 0.15) is 24.8 Å². The van der Waals surface area contributed by atoms with E-state index in [0.29, 0.717) is 0 Å². The van der Waals surface area contributed by atoms with E-state index in [9.17, 15) is 0 Å². The highest BCUT2D eigenvalue weighted by atomic mass is 32.1. The molecule has 0 spiro atoms. The molecule has 1 heteroatoms. The molecule has 0 radical (unpaired) electrons. The van der Waals surface area contributed by atoms with Crippen molar-refractivity contribution in [3.63, 3.8) is 0 Å². The van der Waals surface area contributed by atoms with E-state index in [1.54, 1.807) is 28.1 Å². The maximum Gasteiger partial charge on any atom is -0.00179 e. The van der Waals surface area contributed by atoms with Crippen LogP contribution in [0.4, 0.5) is 0 Å². The van der Waals surface area contributed by atoms with Gasteiger partial charge in [-0.15, -0.1) is 0 Å². The van der Waals surface area contributed by atoms with Crippen LogP contribution in [0.3, 0.4) is 0 Å². The van der Waals surface area contributed by atoms with E-state index in [4.69, 9.17) is 0 Å². The summed E-state index contributed by atoms with van der Waals surface area (Å²) >= 11 is 1.79. The van der Waals surface area contributed by atoms with Crippen molar-refractivity contribution in [2.75, 3.05) is 0 Å². The molecule has 14 heavy (non-hydrogen) atoms. The summed E-state index contributed by atoms with van der Waals surface area (Å²) in [5.41, 5.74) is 6.19. The van der Waals surface area contributed by atoms with Gasteiger partial charge in [0.1, 0.15) is 0 Å². The monoisotopic (exact) mass is 200 g/mol. The third kappa shape index (κ3) is 1.20. The summed E-state index contributed by atoms with van der Waals surface area (Å²) in [6.45, 7) is 0. The average molecular weight is 200 g/mol. The zero-order chi connectivity index (χ0) is 9.38. The van der Waals surface area contributed by atoms with Gasteiger partial charge in [0, 0.05) is 0 Å². The fourth-order valence-electron chi connectivity index (χ4n) is 2.32. The minimum atomic E-state index is 1.14. The van der Waals surface area contributed by atoms with Gasteiger partial charge in [-0.25, -0.2) is 0 Å². The third-order valence-electron chi connectivity index (χ3n) is 3.02.